The summed E-state index contributed by atoms with van der Waals surface area (Å²) in [5, 5.41) is 9.80. The van der Waals surface area contributed by atoms with Crippen molar-refractivity contribution in [2.45, 2.75) is 38.1 Å². The van der Waals surface area contributed by atoms with E-state index in [2.05, 4.69) is 31.4 Å². The zero-order valence-electron chi connectivity index (χ0n) is 12.3. The van der Waals surface area contributed by atoms with Gasteiger partial charge in [-0.1, -0.05) is 26.0 Å². The van der Waals surface area contributed by atoms with Crippen LogP contribution in [0.2, 0.25) is 0 Å². The second-order valence-electron chi connectivity index (χ2n) is 6.35. The number of piperidine rings is 1. The number of nitrogens with zero attached hydrogens (tertiary/aromatic N) is 1. The third kappa shape index (κ3) is 2.15. The Bertz CT molecular complexity index is 516. The summed E-state index contributed by atoms with van der Waals surface area (Å²) in [4.78, 5) is 2.56. The van der Waals surface area contributed by atoms with E-state index in [-0.39, 0.29) is 17.8 Å². The van der Waals surface area contributed by atoms with Gasteiger partial charge in [-0.2, -0.15) is 0 Å². The van der Waals surface area contributed by atoms with Gasteiger partial charge in [0.05, 0.1) is 0 Å². The molecule has 1 aromatic carbocycles. The van der Waals surface area contributed by atoms with Crippen molar-refractivity contribution in [2.24, 2.45) is 5.92 Å². The maximum absolute atomic E-state index is 9.80. The molecule has 0 amide bonds. The number of hydrogen-bond acceptors (Lipinski definition) is 2. The Kier molecular flexibility index (Phi) is 4.17. The van der Waals surface area contributed by atoms with E-state index in [1.54, 1.807) is 0 Å². The van der Waals surface area contributed by atoms with Crippen LogP contribution in [0.25, 0.3) is 0 Å². The van der Waals surface area contributed by atoms with Crippen LogP contribution in [0.4, 0.5) is 0 Å². The van der Waals surface area contributed by atoms with Crippen LogP contribution >= 0.6 is 0 Å². The molecule has 1 aliphatic carbocycles. The molecule has 0 saturated carbocycles. The van der Waals surface area contributed by atoms with Crippen LogP contribution in [0.3, 0.4) is 0 Å². The fourth-order valence-corrected chi connectivity index (χ4v) is 4.09. The first kappa shape index (κ1) is 15.4. The number of hydrogen-bond donors (Lipinski definition) is 1. The second-order valence-corrected chi connectivity index (χ2v) is 6.35. The third-order valence-corrected chi connectivity index (χ3v) is 5.47. The molecule has 1 fully saturated rings. The van der Waals surface area contributed by atoms with E-state index in [4.69, 9.17) is 0 Å². The Labute approximate surface area is 127 Å². The molecule has 3 atom stereocenters. The average Bonchev–Trinajstić information content (AvgIpc) is 2.38. The minimum Gasteiger partial charge on any atom is -1.00 e. The summed E-state index contributed by atoms with van der Waals surface area (Å²) in [6.07, 6.45) is 4.27. The van der Waals surface area contributed by atoms with Crippen molar-refractivity contribution in [3.8, 4) is 5.75 Å². The van der Waals surface area contributed by atoms with Gasteiger partial charge < -0.3 is 17.5 Å². The van der Waals surface area contributed by atoms with Gasteiger partial charge in [0.15, 0.2) is 0 Å². The van der Waals surface area contributed by atoms with Gasteiger partial charge in [-0.05, 0) is 54.0 Å². The number of halogens is 1. The number of rotatable bonds is 2. The lowest BCUT2D eigenvalue weighted by molar-refractivity contribution is -0.00000562. The zero-order chi connectivity index (χ0) is 13.6. The molecule has 1 aromatic rings. The molecule has 0 radical (unpaired) electrons. The number of fused-ring (bicyclic) bond motifs is 4. The van der Waals surface area contributed by atoms with E-state index >= 15 is 0 Å². The van der Waals surface area contributed by atoms with Crippen molar-refractivity contribution >= 4 is 0 Å². The molecule has 110 valence electrons. The van der Waals surface area contributed by atoms with Gasteiger partial charge in [-0.3, -0.25) is 4.90 Å². The highest BCUT2D eigenvalue weighted by Gasteiger charge is 2.48. The summed E-state index contributed by atoms with van der Waals surface area (Å²) in [5.74, 6) is 1.02. The molecule has 2 aliphatic rings. The predicted octanol–water partition coefficient (Wildman–Crippen LogP) is 0.106. The Balaban J connectivity index is 0.00000147. The molecule has 2 bridgehead atoms. The number of phenols is 1. The van der Waals surface area contributed by atoms with Crippen LogP contribution in [-0.4, -0.2) is 29.1 Å². The zero-order valence-corrected chi connectivity index (χ0v) is 13.0. The first-order chi connectivity index (χ1) is 9.06. The quantitative estimate of drug-likeness (QED) is 0.782. The first-order valence-electron chi connectivity index (χ1n) is 7.23. The molecule has 0 spiro atoms. The minimum absolute atomic E-state index is 0. The minimum atomic E-state index is 0. The number of likely N-dealkylation sites (tertiary alicyclic amines) is 1. The molecule has 1 aliphatic heterocycles. The Morgan fingerprint density at radius 2 is 2.25 bits per heavy atom. The van der Waals surface area contributed by atoms with E-state index in [9.17, 15) is 5.11 Å². The predicted molar refractivity (Wildman–Crippen MR) is 78.5 cm³/mol. The number of benzene rings is 1. The summed E-state index contributed by atoms with van der Waals surface area (Å²) in [5.41, 5.74) is 2.99. The lowest BCUT2D eigenvalue weighted by Crippen LogP contribution is -3.00. The van der Waals surface area contributed by atoms with E-state index in [0.717, 1.165) is 25.9 Å². The van der Waals surface area contributed by atoms with E-state index in [0.29, 0.717) is 17.7 Å². The summed E-state index contributed by atoms with van der Waals surface area (Å²) < 4.78 is 0. The molecule has 0 aromatic heterocycles. The highest BCUT2D eigenvalue weighted by molar-refractivity contribution is 5.44. The summed E-state index contributed by atoms with van der Waals surface area (Å²) in [7, 11) is 0. The molecule has 1 N–H and O–H groups in total. The molecule has 20 heavy (non-hydrogen) atoms. The van der Waals surface area contributed by atoms with Gasteiger partial charge in [0, 0.05) is 12.6 Å². The van der Waals surface area contributed by atoms with Crippen LogP contribution < -0.4 is 12.4 Å². The van der Waals surface area contributed by atoms with Crippen molar-refractivity contribution in [1.29, 1.82) is 0 Å². The molecule has 1 heterocycles. The van der Waals surface area contributed by atoms with Gasteiger partial charge in [-0.15, -0.1) is 6.58 Å². The Morgan fingerprint density at radius 3 is 2.95 bits per heavy atom. The van der Waals surface area contributed by atoms with Crippen molar-refractivity contribution in [2.75, 3.05) is 13.1 Å². The molecular weight excluding hydrogens is 270 g/mol. The maximum atomic E-state index is 9.80. The second kappa shape index (κ2) is 5.42. The smallest absolute Gasteiger partial charge is 0.115 e. The SMILES string of the molecule is C=CCN1CC[C@@]2(C)c3cc(O)ccc3CC1[C@@H]2C.[Cl-]. The molecule has 2 nitrogen and oxygen atoms in total. The summed E-state index contributed by atoms with van der Waals surface area (Å²) >= 11 is 0. The average molecular weight is 293 g/mol. The molecule has 3 heteroatoms. The van der Waals surface area contributed by atoms with Crippen LogP contribution in [0.5, 0.6) is 5.75 Å². The maximum Gasteiger partial charge on any atom is 0.115 e. The first-order valence-corrected chi connectivity index (χ1v) is 7.23. The highest BCUT2D eigenvalue weighted by atomic mass is 35.5. The number of phenolic OH excluding ortho intramolecular Hbond substituents is 1. The van der Waals surface area contributed by atoms with Crippen LogP contribution in [-0.2, 0) is 11.8 Å². The van der Waals surface area contributed by atoms with E-state index in [1.165, 1.54) is 11.1 Å². The summed E-state index contributed by atoms with van der Waals surface area (Å²) in [6.45, 7) is 10.7. The third-order valence-electron chi connectivity index (χ3n) is 5.47. The lowest BCUT2D eigenvalue weighted by atomic mass is 9.59. The van der Waals surface area contributed by atoms with Crippen molar-refractivity contribution in [3.05, 3.63) is 42.0 Å². The van der Waals surface area contributed by atoms with Crippen LogP contribution in [0, 0.1) is 5.92 Å². The monoisotopic (exact) mass is 292 g/mol. The fourth-order valence-electron chi connectivity index (χ4n) is 4.09. The lowest BCUT2D eigenvalue weighted by Gasteiger charge is -2.54. The summed E-state index contributed by atoms with van der Waals surface area (Å²) in [6, 6.07) is 6.53. The van der Waals surface area contributed by atoms with Gasteiger partial charge in [0.25, 0.3) is 0 Å². The Hall–Kier alpha value is -0.990. The van der Waals surface area contributed by atoms with Gasteiger partial charge in [-0.25, -0.2) is 0 Å². The Morgan fingerprint density at radius 1 is 1.50 bits per heavy atom. The van der Waals surface area contributed by atoms with Crippen molar-refractivity contribution in [1.82, 2.24) is 4.90 Å². The van der Waals surface area contributed by atoms with Gasteiger partial charge >= 0.3 is 0 Å². The largest absolute Gasteiger partial charge is 1.00 e. The molecule has 3 rings (SSSR count). The molecule has 1 unspecified atom stereocenters. The topological polar surface area (TPSA) is 23.5 Å². The molecule has 1 saturated heterocycles. The highest BCUT2D eigenvalue weighted by Crippen LogP contribution is 2.49. The standard InChI is InChI=1S/C17H23NO.ClH/c1-4-8-18-9-7-17(3)12(2)16(18)10-13-5-6-14(19)11-15(13)17;/h4-6,11-12,16,19H,1,7-10H2,2-3H3;1H/p-1/t12-,16?,17+;/m0./s1. The van der Waals surface area contributed by atoms with Crippen LogP contribution in [0.15, 0.2) is 30.9 Å². The number of aromatic hydroxyl groups is 1. The van der Waals surface area contributed by atoms with Gasteiger partial charge in [0.2, 0.25) is 0 Å². The van der Waals surface area contributed by atoms with Crippen molar-refractivity contribution in [3.63, 3.8) is 0 Å². The molecular formula is C17H23ClNO-. The van der Waals surface area contributed by atoms with Gasteiger partial charge in [0.1, 0.15) is 5.75 Å². The van der Waals surface area contributed by atoms with Crippen molar-refractivity contribution < 1.29 is 17.5 Å². The van der Waals surface area contributed by atoms with E-state index in [1.807, 2.05) is 18.2 Å². The van der Waals surface area contributed by atoms with Crippen LogP contribution in [0.1, 0.15) is 31.4 Å². The normalized spacial score (nSPS) is 32.1. The fraction of sp³-hybridized carbons (Fsp3) is 0.529. The van der Waals surface area contributed by atoms with E-state index < -0.39 is 0 Å².